The molecule has 1 aromatic heterocycles. The standard InChI is InChI=1S/C9H12F2N2/c1-6-2-7(5-13-4-6)8(3-12)9(10)11/h2,4-5,8-9H,3,12H2,1H3. The zero-order chi connectivity index (χ0) is 9.84. The van der Waals surface area contributed by atoms with E-state index in [9.17, 15) is 8.78 Å². The van der Waals surface area contributed by atoms with Crippen LogP contribution >= 0.6 is 0 Å². The topological polar surface area (TPSA) is 38.9 Å². The minimum absolute atomic E-state index is 0.0528. The molecule has 0 amide bonds. The molecule has 0 aliphatic rings. The average molecular weight is 186 g/mol. The van der Waals surface area contributed by atoms with E-state index in [1.165, 1.54) is 6.20 Å². The molecule has 13 heavy (non-hydrogen) atoms. The summed E-state index contributed by atoms with van der Waals surface area (Å²) < 4.78 is 24.8. The molecule has 0 bridgehead atoms. The number of rotatable bonds is 3. The highest BCUT2D eigenvalue weighted by Gasteiger charge is 2.20. The zero-order valence-corrected chi connectivity index (χ0v) is 7.37. The normalized spacial score (nSPS) is 13.3. The van der Waals surface area contributed by atoms with E-state index in [2.05, 4.69) is 4.98 Å². The number of pyridine rings is 1. The van der Waals surface area contributed by atoms with Gasteiger partial charge < -0.3 is 5.73 Å². The van der Waals surface area contributed by atoms with Crippen molar-refractivity contribution >= 4 is 0 Å². The van der Waals surface area contributed by atoms with Crippen LogP contribution in [0.15, 0.2) is 18.5 Å². The molecule has 1 rings (SSSR count). The second kappa shape index (κ2) is 4.28. The maximum absolute atomic E-state index is 12.4. The fraction of sp³-hybridized carbons (Fsp3) is 0.444. The number of nitrogens with two attached hydrogens (primary N) is 1. The SMILES string of the molecule is Cc1cncc(C(CN)C(F)F)c1. The smallest absolute Gasteiger partial charge is 0.246 e. The van der Waals surface area contributed by atoms with Gasteiger partial charge in [0.15, 0.2) is 0 Å². The van der Waals surface area contributed by atoms with Crippen molar-refractivity contribution < 1.29 is 8.78 Å². The van der Waals surface area contributed by atoms with Gasteiger partial charge in [-0.2, -0.15) is 0 Å². The summed E-state index contributed by atoms with van der Waals surface area (Å²) in [6.07, 6.45) is 0.646. The van der Waals surface area contributed by atoms with Crippen LogP contribution in [0.4, 0.5) is 8.78 Å². The Balaban J connectivity index is 2.91. The van der Waals surface area contributed by atoms with Gasteiger partial charge in [-0.05, 0) is 18.1 Å². The van der Waals surface area contributed by atoms with Crippen LogP contribution in [-0.2, 0) is 0 Å². The number of hydrogen-bond donors (Lipinski definition) is 1. The van der Waals surface area contributed by atoms with E-state index in [4.69, 9.17) is 5.73 Å². The van der Waals surface area contributed by atoms with Gasteiger partial charge in [0.05, 0.1) is 5.92 Å². The van der Waals surface area contributed by atoms with Crippen molar-refractivity contribution in [2.75, 3.05) is 6.54 Å². The van der Waals surface area contributed by atoms with E-state index in [0.29, 0.717) is 5.56 Å². The van der Waals surface area contributed by atoms with Crippen molar-refractivity contribution in [3.8, 4) is 0 Å². The van der Waals surface area contributed by atoms with Gasteiger partial charge in [-0.3, -0.25) is 4.98 Å². The second-order valence-electron chi connectivity index (χ2n) is 2.97. The van der Waals surface area contributed by atoms with Crippen molar-refractivity contribution in [1.82, 2.24) is 4.98 Å². The molecule has 1 aromatic rings. The summed E-state index contributed by atoms with van der Waals surface area (Å²) in [6, 6.07) is 1.69. The molecule has 0 saturated heterocycles. The number of aryl methyl sites for hydroxylation is 1. The fourth-order valence-electron chi connectivity index (χ4n) is 1.17. The average Bonchev–Trinajstić information content (AvgIpc) is 2.04. The highest BCUT2D eigenvalue weighted by atomic mass is 19.3. The van der Waals surface area contributed by atoms with Gasteiger partial charge in [-0.1, -0.05) is 6.07 Å². The molecule has 0 aliphatic carbocycles. The minimum Gasteiger partial charge on any atom is -0.330 e. The van der Waals surface area contributed by atoms with Gasteiger partial charge in [0.1, 0.15) is 0 Å². The third kappa shape index (κ3) is 2.45. The van der Waals surface area contributed by atoms with Crippen LogP contribution in [0.2, 0.25) is 0 Å². The summed E-state index contributed by atoms with van der Waals surface area (Å²) in [4.78, 5) is 3.85. The Morgan fingerprint density at radius 2 is 2.15 bits per heavy atom. The van der Waals surface area contributed by atoms with Crippen LogP contribution in [0.1, 0.15) is 17.0 Å². The third-order valence-electron chi connectivity index (χ3n) is 1.88. The quantitative estimate of drug-likeness (QED) is 0.780. The van der Waals surface area contributed by atoms with Gasteiger partial charge in [0, 0.05) is 18.9 Å². The Labute approximate surface area is 75.8 Å². The van der Waals surface area contributed by atoms with E-state index in [1.54, 1.807) is 12.3 Å². The molecule has 4 heteroatoms. The van der Waals surface area contributed by atoms with Gasteiger partial charge >= 0.3 is 0 Å². The zero-order valence-electron chi connectivity index (χ0n) is 7.37. The first-order valence-electron chi connectivity index (χ1n) is 4.05. The summed E-state index contributed by atoms with van der Waals surface area (Å²) in [5.74, 6) is -0.896. The summed E-state index contributed by atoms with van der Waals surface area (Å²) in [6.45, 7) is 1.76. The van der Waals surface area contributed by atoms with Crippen LogP contribution in [-0.4, -0.2) is 18.0 Å². The molecular formula is C9H12F2N2. The van der Waals surface area contributed by atoms with E-state index < -0.39 is 12.3 Å². The number of halogens is 2. The maximum atomic E-state index is 12.4. The molecule has 1 unspecified atom stereocenters. The lowest BCUT2D eigenvalue weighted by molar-refractivity contribution is 0.117. The van der Waals surface area contributed by atoms with Crippen molar-refractivity contribution in [2.45, 2.75) is 19.3 Å². The van der Waals surface area contributed by atoms with Crippen molar-refractivity contribution in [2.24, 2.45) is 5.73 Å². The largest absolute Gasteiger partial charge is 0.330 e. The highest BCUT2D eigenvalue weighted by molar-refractivity contribution is 5.21. The van der Waals surface area contributed by atoms with Crippen molar-refractivity contribution in [3.63, 3.8) is 0 Å². The first-order chi connectivity index (χ1) is 6.15. The molecule has 2 N–H and O–H groups in total. The molecule has 2 nitrogen and oxygen atoms in total. The molecule has 0 spiro atoms. The van der Waals surface area contributed by atoms with Crippen LogP contribution < -0.4 is 5.73 Å². The van der Waals surface area contributed by atoms with Gasteiger partial charge in [-0.25, -0.2) is 8.78 Å². The lowest BCUT2D eigenvalue weighted by Crippen LogP contribution is -2.19. The third-order valence-corrected chi connectivity index (χ3v) is 1.88. The summed E-state index contributed by atoms with van der Waals surface area (Å²) in [5, 5.41) is 0. The number of alkyl halides is 2. The summed E-state index contributed by atoms with van der Waals surface area (Å²) >= 11 is 0. The lowest BCUT2D eigenvalue weighted by atomic mass is 10.0. The minimum atomic E-state index is -2.42. The number of nitrogens with zero attached hydrogens (tertiary/aromatic N) is 1. The number of aromatic nitrogens is 1. The van der Waals surface area contributed by atoms with E-state index in [0.717, 1.165) is 5.56 Å². The summed E-state index contributed by atoms with van der Waals surface area (Å²) in [7, 11) is 0. The Bertz CT molecular complexity index is 276. The van der Waals surface area contributed by atoms with E-state index in [1.807, 2.05) is 6.92 Å². The van der Waals surface area contributed by atoms with Crippen molar-refractivity contribution in [3.05, 3.63) is 29.6 Å². The molecular weight excluding hydrogens is 174 g/mol. The maximum Gasteiger partial charge on any atom is 0.246 e. The van der Waals surface area contributed by atoms with E-state index >= 15 is 0 Å². The predicted molar refractivity (Wildman–Crippen MR) is 46.8 cm³/mol. The van der Waals surface area contributed by atoms with Gasteiger partial charge in [0.25, 0.3) is 0 Å². The van der Waals surface area contributed by atoms with Crippen LogP contribution in [0, 0.1) is 6.92 Å². The molecule has 0 fully saturated rings. The molecule has 1 atom stereocenters. The Morgan fingerprint density at radius 3 is 2.62 bits per heavy atom. The molecule has 1 heterocycles. The van der Waals surface area contributed by atoms with Gasteiger partial charge in [0.2, 0.25) is 6.43 Å². The molecule has 0 aromatic carbocycles. The summed E-state index contributed by atoms with van der Waals surface area (Å²) in [5.41, 5.74) is 6.63. The molecule has 0 aliphatic heterocycles. The number of hydrogen-bond acceptors (Lipinski definition) is 2. The molecule has 0 saturated carbocycles. The second-order valence-corrected chi connectivity index (χ2v) is 2.97. The van der Waals surface area contributed by atoms with Crippen LogP contribution in [0.3, 0.4) is 0 Å². The first-order valence-corrected chi connectivity index (χ1v) is 4.05. The molecule has 72 valence electrons. The Morgan fingerprint density at radius 1 is 1.46 bits per heavy atom. The predicted octanol–water partition coefficient (Wildman–Crippen LogP) is 1.70. The Hall–Kier alpha value is -1.03. The van der Waals surface area contributed by atoms with Crippen molar-refractivity contribution in [1.29, 1.82) is 0 Å². The van der Waals surface area contributed by atoms with Gasteiger partial charge in [-0.15, -0.1) is 0 Å². The Kier molecular flexibility index (Phi) is 3.31. The molecule has 0 radical (unpaired) electrons. The lowest BCUT2D eigenvalue weighted by Gasteiger charge is -2.13. The van der Waals surface area contributed by atoms with E-state index in [-0.39, 0.29) is 6.54 Å². The fourth-order valence-corrected chi connectivity index (χ4v) is 1.17. The first kappa shape index (κ1) is 10.1. The van der Waals surface area contributed by atoms with Crippen LogP contribution in [0.25, 0.3) is 0 Å². The van der Waals surface area contributed by atoms with Crippen LogP contribution in [0.5, 0.6) is 0 Å². The monoisotopic (exact) mass is 186 g/mol. The highest BCUT2D eigenvalue weighted by Crippen LogP contribution is 2.21.